The predicted octanol–water partition coefficient (Wildman–Crippen LogP) is 0.182. The van der Waals surface area contributed by atoms with Crippen molar-refractivity contribution in [3.8, 4) is 0 Å². The van der Waals surface area contributed by atoms with Crippen molar-refractivity contribution in [2.24, 2.45) is 23.7 Å². The van der Waals surface area contributed by atoms with Crippen molar-refractivity contribution in [1.29, 1.82) is 0 Å². The lowest BCUT2D eigenvalue weighted by Gasteiger charge is -2.35. The fraction of sp³-hybridized carbons (Fsp3) is 0.846. The van der Waals surface area contributed by atoms with Crippen LogP contribution in [0, 0.1) is 23.7 Å². The summed E-state index contributed by atoms with van der Waals surface area (Å²) < 4.78 is 15.3. The predicted molar refractivity (Wildman–Crippen MR) is 59.3 cm³/mol. The van der Waals surface area contributed by atoms with E-state index in [4.69, 9.17) is 14.2 Å². The number of carbonyl (C=O) groups excluding carboxylic acids is 2. The van der Waals surface area contributed by atoms with Gasteiger partial charge in [0.2, 0.25) is 12.6 Å². The first kappa shape index (κ1) is 11.7. The number of esters is 2. The molecule has 3 heterocycles. The Labute approximate surface area is 110 Å². The number of rotatable bonds is 1. The summed E-state index contributed by atoms with van der Waals surface area (Å²) in [6, 6.07) is 0. The molecule has 0 spiro atoms. The summed E-state index contributed by atoms with van der Waals surface area (Å²) in [6.07, 6.45) is 1.41. The van der Waals surface area contributed by atoms with Crippen LogP contribution in [0.3, 0.4) is 0 Å². The quantitative estimate of drug-likeness (QED) is 0.539. The minimum Gasteiger partial charge on any atom is -0.435 e. The van der Waals surface area contributed by atoms with E-state index in [0.717, 1.165) is 19.3 Å². The highest BCUT2D eigenvalue weighted by atomic mass is 16.8. The van der Waals surface area contributed by atoms with Crippen molar-refractivity contribution < 1.29 is 28.9 Å². The molecule has 4 fully saturated rings. The van der Waals surface area contributed by atoms with Gasteiger partial charge in [-0.1, -0.05) is 0 Å². The van der Waals surface area contributed by atoms with E-state index in [1.165, 1.54) is 0 Å². The van der Waals surface area contributed by atoms with Crippen molar-refractivity contribution in [3.05, 3.63) is 0 Å². The van der Waals surface area contributed by atoms with Gasteiger partial charge >= 0.3 is 11.9 Å². The highest BCUT2D eigenvalue weighted by Crippen LogP contribution is 2.49. The summed E-state index contributed by atoms with van der Waals surface area (Å²) in [4.78, 5) is 23.0. The Morgan fingerprint density at radius 3 is 2.79 bits per heavy atom. The minimum absolute atomic E-state index is 0.0226. The number of hydrogen-bond acceptors (Lipinski definition) is 6. The zero-order valence-electron chi connectivity index (χ0n) is 10.4. The van der Waals surface area contributed by atoms with Crippen molar-refractivity contribution in [2.45, 2.75) is 44.4 Å². The summed E-state index contributed by atoms with van der Waals surface area (Å²) in [5, 5.41) is 9.77. The lowest BCUT2D eigenvalue weighted by Crippen LogP contribution is -2.37. The van der Waals surface area contributed by atoms with Crippen molar-refractivity contribution in [2.75, 3.05) is 0 Å². The van der Waals surface area contributed by atoms with Crippen LogP contribution in [-0.4, -0.2) is 35.7 Å². The number of hydrogen-bond donors (Lipinski definition) is 1. The molecule has 19 heavy (non-hydrogen) atoms. The molecule has 6 heteroatoms. The van der Waals surface area contributed by atoms with E-state index in [-0.39, 0.29) is 42.1 Å². The van der Waals surface area contributed by atoms with E-state index < -0.39 is 6.29 Å². The van der Waals surface area contributed by atoms with Gasteiger partial charge in [-0.15, -0.1) is 0 Å². The monoisotopic (exact) mass is 268 g/mol. The molecular formula is C13H16O6. The van der Waals surface area contributed by atoms with Gasteiger partial charge in [0.05, 0.1) is 12.3 Å². The van der Waals surface area contributed by atoms with Gasteiger partial charge in [0.15, 0.2) is 0 Å². The molecule has 0 aromatic rings. The molecule has 0 aromatic heterocycles. The van der Waals surface area contributed by atoms with Crippen LogP contribution in [0.15, 0.2) is 0 Å². The fourth-order valence-corrected chi connectivity index (χ4v) is 3.96. The number of cyclic esters (lactones) is 1. The lowest BCUT2D eigenvalue weighted by molar-refractivity contribution is -0.157. The van der Waals surface area contributed by atoms with Gasteiger partial charge in [-0.25, -0.2) is 0 Å². The van der Waals surface area contributed by atoms with E-state index in [1.54, 1.807) is 0 Å². The minimum atomic E-state index is -0.980. The normalized spacial score (nSPS) is 51.9. The lowest BCUT2D eigenvalue weighted by atomic mass is 9.69. The van der Waals surface area contributed by atoms with Gasteiger partial charge in [0, 0.05) is 11.8 Å². The molecule has 1 saturated carbocycles. The van der Waals surface area contributed by atoms with Crippen molar-refractivity contribution in [1.82, 2.24) is 0 Å². The average molecular weight is 268 g/mol. The van der Waals surface area contributed by atoms with Gasteiger partial charge in [0.25, 0.3) is 0 Å². The maximum Gasteiger partial charge on any atom is 0.311 e. The zero-order chi connectivity index (χ0) is 13.1. The highest BCUT2D eigenvalue weighted by Gasteiger charge is 2.57. The first-order valence-corrected chi connectivity index (χ1v) is 6.87. The van der Waals surface area contributed by atoms with Crippen LogP contribution < -0.4 is 0 Å². The molecule has 0 bridgehead atoms. The molecule has 0 amide bonds. The Morgan fingerprint density at radius 2 is 1.95 bits per heavy atom. The Bertz CT molecular complexity index is 435. The standard InChI is InChI=1S/C13H16O6/c14-9-4-7(10-13(17-9)18-10)5-1-2-6-8(3-5)12(16)19-11(6)15/h5-8,10,12-13,16H,1-4H2. The summed E-state index contributed by atoms with van der Waals surface area (Å²) in [6.45, 7) is 0. The Kier molecular flexibility index (Phi) is 2.41. The van der Waals surface area contributed by atoms with Gasteiger partial charge in [0.1, 0.15) is 6.10 Å². The van der Waals surface area contributed by atoms with E-state index in [1.807, 2.05) is 0 Å². The number of ether oxygens (including phenoxy) is 3. The second kappa shape index (κ2) is 3.93. The molecule has 0 radical (unpaired) electrons. The van der Waals surface area contributed by atoms with E-state index in [0.29, 0.717) is 12.3 Å². The van der Waals surface area contributed by atoms with Gasteiger partial charge < -0.3 is 19.3 Å². The van der Waals surface area contributed by atoms with Crippen LogP contribution in [0.5, 0.6) is 0 Å². The second-order valence-corrected chi connectivity index (χ2v) is 6.00. The number of aliphatic hydroxyl groups excluding tert-OH is 1. The van der Waals surface area contributed by atoms with Crippen LogP contribution in [0.4, 0.5) is 0 Å². The SMILES string of the molecule is O=C1CC(C2CCC3C(=O)OC(O)C3C2)C2OC2O1. The van der Waals surface area contributed by atoms with Gasteiger partial charge in [-0.2, -0.15) is 0 Å². The molecule has 104 valence electrons. The van der Waals surface area contributed by atoms with Crippen molar-refractivity contribution >= 4 is 11.9 Å². The molecule has 0 aromatic carbocycles. The number of aliphatic hydroxyl groups is 1. The number of fused-ring (bicyclic) bond motifs is 2. The Balaban J connectivity index is 1.49. The van der Waals surface area contributed by atoms with Crippen LogP contribution >= 0.6 is 0 Å². The largest absolute Gasteiger partial charge is 0.435 e. The van der Waals surface area contributed by atoms with Crippen molar-refractivity contribution in [3.63, 3.8) is 0 Å². The maximum atomic E-state index is 11.5. The van der Waals surface area contributed by atoms with Gasteiger partial charge in [-0.05, 0) is 25.2 Å². The van der Waals surface area contributed by atoms with Crippen LogP contribution in [0.1, 0.15) is 25.7 Å². The molecule has 6 nitrogen and oxygen atoms in total. The first-order chi connectivity index (χ1) is 9.13. The Hall–Kier alpha value is -1.14. The summed E-state index contributed by atoms with van der Waals surface area (Å²) in [5.74, 6) is -0.313. The van der Waals surface area contributed by atoms with E-state index in [9.17, 15) is 14.7 Å². The van der Waals surface area contributed by atoms with E-state index >= 15 is 0 Å². The average Bonchev–Trinajstić information content (AvgIpc) is 3.10. The van der Waals surface area contributed by atoms with Crippen LogP contribution in [0.2, 0.25) is 0 Å². The summed E-state index contributed by atoms with van der Waals surface area (Å²) in [5.41, 5.74) is 0. The van der Waals surface area contributed by atoms with E-state index in [2.05, 4.69) is 0 Å². The molecule has 3 saturated heterocycles. The molecule has 4 aliphatic rings. The molecular weight excluding hydrogens is 252 g/mol. The number of carbonyl (C=O) groups is 2. The second-order valence-electron chi connectivity index (χ2n) is 6.00. The highest BCUT2D eigenvalue weighted by molar-refractivity contribution is 5.75. The molecule has 3 aliphatic heterocycles. The molecule has 1 N–H and O–H groups in total. The first-order valence-electron chi connectivity index (χ1n) is 6.87. The molecule has 7 atom stereocenters. The molecule has 7 unspecified atom stereocenters. The molecule has 4 rings (SSSR count). The number of epoxide rings is 1. The molecule has 1 aliphatic carbocycles. The third kappa shape index (κ3) is 1.77. The third-order valence-electron chi connectivity index (χ3n) is 5.01. The third-order valence-corrected chi connectivity index (χ3v) is 5.01. The Morgan fingerprint density at radius 1 is 1.11 bits per heavy atom. The maximum absolute atomic E-state index is 11.5. The fourth-order valence-electron chi connectivity index (χ4n) is 3.96. The summed E-state index contributed by atoms with van der Waals surface area (Å²) >= 11 is 0. The summed E-state index contributed by atoms with van der Waals surface area (Å²) in [7, 11) is 0. The van der Waals surface area contributed by atoms with Crippen LogP contribution in [0.25, 0.3) is 0 Å². The van der Waals surface area contributed by atoms with Crippen LogP contribution in [-0.2, 0) is 23.8 Å². The smallest absolute Gasteiger partial charge is 0.311 e. The van der Waals surface area contributed by atoms with Gasteiger partial charge in [-0.3, -0.25) is 9.59 Å². The zero-order valence-corrected chi connectivity index (χ0v) is 10.4. The topological polar surface area (TPSA) is 85.4 Å².